The van der Waals surface area contributed by atoms with Crippen LogP contribution in [0.1, 0.15) is 37.2 Å². The van der Waals surface area contributed by atoms with Gasteiger partial charge in [0.25, 0.3) is 5.56 Å². The summed E-state index contributed by atoms with van der Waals surface area (Å²) >= 11 is 0. The van der Waals surface area contributed by atoms with Gasteiger partial charge < -0.3 is 14.6 Å². The number of benzene rings is 2. The third-order valence-corrected chi connectivity index (χ3v) is 4.71. The summed E-state index contributed by atoms with van der Waals surface area (Å²) in [7, 11) is 0. The fraction of sp³-hybridized carbons (Fsp3) is 0.348. The molecular weight excluding hydrogens is 366 g/mol. The third kappa shape index (κ3) is 5.22. The van der Waals surface area contributed by atoms with Crippen molar-refractivity contribution in [3.8, 4) is 5.75 Å². The normalized spacial score (nSPS) is 11.1. The van der Waals surface area contributed by atoms with E-state index < -0.39 is 0 Å². The van der Waals surface area contributed by atoms with Crippen LogP contribution in [0.2, 0.25) is 0 Å². The summed E-state index contributed by atoms with van der Waals surface area (Å²) in [4.78, 5) is 34.1. The van der Waals surface area contributed by atoms with E-state index in [9.17, 15) is 9.59 Å². The maximum Gasteiger partial charge on any atom is 0.258 e. The molecule has 0 saturated carbocycles. The van der Waals surface area contributed by atoms with E-state index in [1.165, 1.54) is 0 Å². The number of carbonyl (C=O) groups is 1. The number of aromatic nitrogens is 2. The summed E-state index contributed by atoms with van der Waals surface area (Å²) in [5.41, 5.74) is 2.68. The lowest BCUT2D eigenvalue weighted by Gasteiger charge is -2.26. The highest BCUT2D eigenvalue weighted by molar-refractivity contribution is 5.78. The molecule has 0 aliphatic carbocycles. The van der Waals surface area contributed by atoms with Crippen molar-refractivity contribution in [3.63, 3.8) is 0 Å². The number of fused-ring (bicyclic) bond motifs is 1. The molecule has 0 aliphatic rings. The molecule has 2 aromatic carbocycles. The van der Waals surface area contributed by atoms with Crippen LogP contribution in [-0.4, -0.2) is 33.4 Å². The number of H-pyrrole nitrogens is 1. The number of hydrogen-bond acceptors (Lipinski definition) is 4. The molecule has 6 heteroatoms. The van der Waals surface area contributed by atoms with Gasteiger partial charge in [-0.15, -0.1) is 0 Å². The molecule has 29 heavy (non-hydrogen) atoms. The van der Waals surface area contributed by atoms with Crippen molar-refractivity contribution in [3.05, 3.63) is 69.8 Å². The first-order chi connectivity index (χ1) is 13.8. The lowest BCUT2D eigenvalue weighted by atomic mass is 10.1. The summed E-state index contributed by atoms with van der Waals surface area (Å²) in [5.74, 6) is 1.21. The van der Waals surface area contributed by atoms with E-state index in [1.54, 1.807) is 23.1 Å². The van der Waals surface area contributed by atoms with Crippen LogP contribution in [0.3, 0.4) is 0 Å². The van der Waals surface area contributed by atoms with Crippen molar-refractivity contribution in [2.24, 2.45) is 0 Å². The molecule has 0 radical (unpaired) electrons. The van der Waals surface area contributed by atoms with Crippen LogP contribution >= 0.6 is 0 Å². The molecule has 3 rings (SSSR count). The van der Waals surface area contributed by atoms with Crippen molar-refractivity contribution < 1.29 is 9.53 Å². The van der Waals surface area contributed by atoms with Gasteiger partial charge in [-0.3, -0.25) is 9.59 Å². The van der Waals surface area contributed by atoms with Gasteiger partial charge in [0.1, 0.15) is 11.6 Å². The number of nitrogens with zero attached hydrogens (tertiary/aromatic N) is 2. The first kappa shape index (κ1) is 20.6. The van der Waals surface area contributed by atoms with Crippen LogP contribution in [0, 0.1) is 13.8 Å². The maximum atomic E-state index is 12.8. The van der Waals surface area contributed by atoms with Crippen LogP contribution < -0.4 is 10.3 Å². The number of carbonyl (C=O) groups excluding carboxylic acids is 1. The zero-order valence-electron chi connectivity index (χ0n) is 17.4. The molecule has 1 N–H and O–H groups in total. The summed E-state index contributed by atoms with van der Waals surface area (Å²) in [6.45, 7) is 8.47. The van der Waals surface area contributed by atoms with Crippen molar-refractivity contribution in [2.45, 2.75) is 46.7 Å². The first-order valence-electron chi connectivity index (χ1n) is 9.82. The monoisotopic (exact) mass is 393 g/mol. The molecule has 152 valence electrons. The summed E-state index contributed by atoms with van der Waals surface area (Å²) in [6.07, 6.45) is 0.253. The van der Waals surface area contributed by atoms with Crippen molar-refractivity contribution >= 4 is 16.8 Å². The number of aromatic amines is 1. The number of rotatable bonds is 7. The molecule has 1 aromatic heterocycles. The highest BCUT2D eigenvalue weighted by Gasteiger charge is 2.19. The quantitative estimate of drug-likeness (QED) is 0.663. The van der Waals surface area contributed by atoms with Crippen molar-refractivity contribution in [1.82, 2.24) is 14.9 Å². The molecular formula is C23H27N3O3. The second kappa shape index (κ2) is 8.90. The van der Waals surface area contributed by atoms with Crippen LogP contribution in [0.5, 0.6) is 5.75 Å². The lowest BCUT2D eigenvalue weighted by Crippen LogP contribution is -2.38. The minimum atomic E-state index is -0.195. The van der Waals surface area contributed by atoms with Gasteiger partial charge in [0, 0.05) is 6.04 Å². The van der Waals surface area contributed by atoms with Crippen LogP contribution in [0.4, 0.5) is 0 Å². The Hall–Kier alpha value is -3.15. The van der Waals surface area contributed by atoms with Gasteiger partial charge >= 0.3 is 0 Å². The van der Waals surface area contributed by atoms with Crippen LogP contribution in [0.25, 0.3) is 10.9 Å². The Kier molecular flexibility index (Phi) is 6.32. The highest BCUT2D eigenvalue weighted by Crippen LogP contribution is 2.17. The van der Waals surface area contributed by atoms with Crippen LogP contribution in [0.15, 0.2) is 47.3 Å². The van der Waals surface area contributed by atoms with E-state index in [1.807, 2.05) is 45.9 Å². The van der Waals surface area contributed by atoms with Crippen molar-refractivity contribution in [1.29, 1.82) is 0 Å². The van der Waals surface area contributed by atoms with Crippen molar-refractivity contribution in [2.75, 3.05) is 6.61 Å². The van der Waals surface area contributed by atoms with E-state index in [4.69, 9.17) is 4.74 Å². The van der Waals surface area contributed by atoms with E-state index in [-0.39, 0.29) is 30.5 Å². The minimum absolute atomic E-state index is 0.0273. The average molecular weight is 393 g/mol. The summed E-state index contributed by atoms with van der Waals surface area (Å²) in [5, 5.41) is 0.542. The van der Waals surface area contributed by atoms with Gasteiger partial charge in [-0.25, -0.2) is 4.98 Å². The molecule has 0 fully saturated rings. The van der Waals surface area contributed by atoms with Crippen LogP contribution in [-0.2, 0) is 11.3 Å². The maximum absolute atomic E-state index is 12.8. The second-order valence-electron chi connectivity index (χ2n) is 7.57. The SMILES string of the molecule is Cc1cc(C)cc(OCCC(=O)N(Cc2nc3ccccc3c(=O)[nH]2)C(C)C)c1. The van der Waals surface area contributed by atoms with Gasteiger partial charge in [0.05, 0.1) is 30.5 Å². The summed E-state index contributed by atoms with van der Waals surface area (Å²) in [6, 6.07) is 13.2. The molecule has 1 heterocycles. The molecule has 3 aromatic rings. The largest absolute Gasteiger partial charge is 0.493 e. The topological polar surface area (TPSA) is 75.3 Å². The lowest BCUT2D eigenvalue weighted by molar-refractivity contribution is -0.134. The molecule has 0 spiro atoms. The fourth-order valence-corrected chi connectivity index (χ4v) is 3.35. The Balaban J connectivity index is 1.67. The number of aryl methyl sites for hydroxylation is 2. The number of hydrogen-bond donors (Lipinski definition) is 1. The first-order valence-corrected chi connectivity index (χ1v) is 9.82. The smallest absolute Gasteiger partial charge is 0.258 e. The Labute approximate surface area is 170 Å². The minimum Gasteiger partial charge on any atom is -0.493 e. The van der Waals surface area contributed by atoms with E-state index >= 15 is 0 Å². The molecule has 0 unspecified atom stereocenters. The molecule has 0 bridgehead atoms. The highest BCUT2D eigenvalue weighted by atomic mass is 16.5. The average Bonchev–Trinajstić information content (AvgIpc) is 2.65. The standard InChI is InChI=1S/C23H27N3O3/c1-15(2)26(14-21-24-20-8-6-5-7-19(20)23(28)25-21)22(27)9-10-29-18-12-16(3)11-17(4)13-18/h5-8,11-13,15H,9-10,14H2,1-4H3,(H,24,25,28). The fourth-order valence-electron chi connectivity index (χ4n) is 3.35. The van der Waals surface area contributed by atoms with Gasteiger partial charge in [-0.1, -0.05) is 18.2 Å². The second-order valence-corrected chi connectivity index (χ2v) is 7.57. The van der Waals surface area contributed by atoms with Gasteiger partial charge in [-0.2, -0.15) is 0 Å². The Bertz CT molecular complexity index is 1050. The Morgan fingerprint density at radius 2 is 1.83 bits per heavy atom. The molecule has 0 saturated heterocycles. The molecule has 0 atom stereocenters. The van der Waals surface area contributed by atoms with E-state index in [0.717, 1.165) is 16.9 Å². The number of ether oxygens (including phenoxy) is 1. The molecule has 1 amide bonds. The number of amides is 1. The number of para-hydroxylation sites is 1. The predicted molar refractivity (Wildman–Crippen MR) is 114 cm³/mol. The summed E-state index contributed by atoms with van der Waals surface area (Å²) < 4.78 is 5.77. The predicted octanol–water partition coefficient (Wildman–Crippen LogP) is 3.75. The van der Waals surface area contributed by atoms with E-state index in [0.29, 0.717) is 23.3 Å². The van der Waals surface area contributed by atoms with Gasteiger partial charge in [0.2, 0.25) is 5.91 Å². The zero-order chi connectivity index (χ0) is 21.0. The Morgan fingerprint density at radius 3 is 2.52 bits per heavy atom. The number of nitrogens with one attached hydrogen (secondary N) is 1. The van der Waals surface area contributed by atoms with Gasteiger partial charge in [0.15, 0.2) is 0 Å². The zero-order valence-corrected chi connectivity index (χ0v) is 17.4. The van der Waals surface area contributed by atoms with E-state index in [2.05, 4.69) is 16.0 Å². The Morgan fingerprint density at radius 1 is 1.14 bits per heavy atom. The van der Waals surface area contributed by atoms with Gasteiger partial charge in [-0.05, 0) is 63.1 Å². The molecule has 6 nitrogen and oxygen atoms in total. The third-order valence-electron chi connectivity index (χ3n) is 4.71. The molecule has 0 aliphatic heterocycles.